The van der Waals surface area contributed by atoms with Crippen LogP contribution in [0, 0.1) is 12.8 Å². The molecule has 174 valence electrons. The second-order valence-corrected chi connectivity index (χ2v) is 10.4. The molecule has 33 heavy (non-hydrogen) atoms. The fraction of sp³-hybridized carbons (Fsp3) is 0.296. The summed E-state index contributed by atoms with van der Waals surface area (Å²) in [7, 11) is -4.77. The molecule has 2 aromatic carbocycles. The zero-order valence-corrected chi connectivity index (χ0v) is 20.6. The van der Waals surface area contributed by atoms with Crippen molar-refractivity contribution in [2.24, 2.45) is 5.92 Å². The second kappa shape index (κ2) is 9.12. The molecule has 0 radical (unpaired) electrons. The van der Waals surface area contributed by atoms with Crippen molar-refractivity contribution in [2.45, 2.75) is 52.4 Å². The topological polar surface area (TPSA) is 94.5 Å². The van der Waals surface area contributed by atoms with Gasteiger partial charge in [0.2, 0.25) is 0 Å². The summed E-state index contributed by atoms with van der Waals surface area (Å²) in [5.41, 5.74) is 4.91. The van der Waals surface area contributed by atoms with Gasteiger partial charge in [-0.1, -0.05) is 45.9 Å². The van der Waals surface area contributed by atoms with Crippen molar-refractivity contribution < 1.29 is 22.9 Å². The van der Waals surface area contributed by atoms with Crippen LogP contribution in [-0.4, -0.2) is 23.9 Å². The fourth-order valence-electron chi connectivity index (χ4n) is 4.19. The highest BCUT2D eigenvalue weighted by Gasteiger charge is 2.25. The van der Waals surface area contributed by atoms with Crippen LogP contribution >= 0.6 is 0 Å². The molecular weight excluding hydrogens is 436 g/mol. The summed E-state index contributed by atoms with van der Waals surface area (Å²) in [5, 5.41) is 10.5. The van der Waals surface area contributed by atoms with Crippen molar-refractivity contribution in [2.75, 3.05) is 0 Å². The van der Waals surface area contributed by atoms with Gasteiger partial charge in [-0.3, -0.25) is 4.79 Å². The predicted molar refractivity (Wildman–Crippen MR) is 129 cm³/mol. The first-order valence-electron chi connectivity index (χ1n) is 10.9. The number of carbonyl (C=O) groups excluding carboxylic acids is 1. The highest BCUT2D eigenvalue weighted by molar-refractivity contribution is 7.85. The molecule has 3 rings (SSSR count). The number of carbonyl (C=O) groups is 1. The first-order chi connectivity index (χ1) is 15.3. The standard InChI is InChI=1S/C27H30O5S/c1-15(2)20-13-22(17(5)11-24(20)28)27(19-9-7-8-10-26(19)33(30,31)32)23-14-21(16(3)4)25(29)12-18(23)6/h7-16,28H,1-6H3,(H,30,31,32)/p-1. The van der Waals surface area contributed by atoms with E-state index in [0.29, 0.717) is 33.4 Å². The predicted octanol–water partition coefficient (Wildman–Crippen LogP) is 5.64. The number of hydrogen-bond donors (Lipinski definition) is 1. The van der Waals surface area contributed by atoms with Crippen molar-refractivity contribution >= 4 is 21.5 Å². The molecular formula is C27H29O5S-. The largest absolute Gasteiger partial charge is 0.744 e. The molecule has 1 aliphatic rings. The summed E-state index contributed by atoms with van der Waals surface area (Å²) in [6.45, 7) is 11.4. The van der Waals surface area contributed by atoms with Crippen LogP contribution < -0.4 is 0 Å². The Morgan fingerprint density at radius 1 is 0.939 bits per heavy atom. The lowest BCUT2D eigenvalue weighted by Gasteiger charge is -2.24. The number of benzene rings is 2. The maximum Gasteiger partial charge on any atom is 0.182 e. The van der Waals surface area contributed by atoms with Crippen molar-refractivity contribution in [1.29, 1.82) is 0 Å². The van der Waals surface area contributed by atoms with Gasteiger partial charge in [-0.05, 0) is 89.4 Å². The van der Waals surface area contributed by atoms with Gasteiger partial charge in [-0.2, -0.15) is 0 Å². The molecule has 6 heteroatoms. The number of allylic oxidation sites excluding steroid dienone is 5. The minimum Gasteiger partial charge on any atom is -0.744 e. The number of phenolic OH excluding ortho intramolecular Hbond substituents is 1. The molecule has 0 saturated heterocycles. The van der Waals surface area contributed by atoms with Gasteiger partial charge < -0.3 is 9.66 Å². The molecule has 0 saturated carbocycles. The number of hydrogen-bond acceptors (Lipinski definition) is 5. The van der Waals surface area contributed by atoms with Gasteiger partial charge in [-0.25, -0.2) is 8.42 Å². The van der Waals surface area contributed by atoms with E-state index in [1.807, 2.05) is 40.7 Å². The third kappa shape index (κ3) is 4.87. The number of ketones is 1. The first kappa shape index (κ1) is 24.7. The quantitative estimate of drug-likeness (QED) is 0.577. The zero-order valence-electron chi connectivity index (χ0n) is 19.8. The molecule has 1 N–H and O–H groups in total. The molecule has 2 aromatic rings. The van der Waals surface area contributed by atoms with Gasteiger partial charge in [0, 0.05) is 11.1 Å². The van der Waals surface area contributed by atoms with Crippen LogP contribution in [0.3, 0.4) is 0 Å². The molecule has 0 amide bonds. The van der Waals surface area contributed by atoms with Crippen LogP contribution in [0.15, 0.2) is 70.2 Å². The van der Waals surface area contributed by atoms with Crippen LogP contribution in [-0.2, 0) is 14.9 Å². The van der Waals surface area contributed by atoms with Gasteiger partial charge in [0.1, 0.15) is 15.9 Å². The van der Waals surface area contributed by atoms with Gasteiger partial charge in [0.15, 0.2) is 5.78 Å². The Kier molecular flexibility index (Phi) is 6.82. The van der Waals surface area contributed by atoms with Gasteiger partial charge in [-0.15, -0.1) is 0 Å². The normalized spacial score (nSPS) is 16.2. The van der Waals surface area contributed by atoms with E-state index in [-0.39, 0.29) is 33.8 Å². The van der Waals surface area contributed by atoms with E-state index < -0.39 is 10.1 Å². The smallest absolute Gasteiger partial charge is 0.182 e. The SMILES string of the molecule is CC1=CC(=O)C(C(C)C)=CC1=C(c1cc(C(C)C)c(O)cc1C)c1ccccc1S(=O)(=O)[O-]. The maximum absolute atomic E-state index is 12.6. The summed E-state index contributed by atoms with van der Waals surface area (Å²) >= 11 is 0. The van der Waals surface area contributed by atoms with Gasteiger partial charge in [0.05, 0.1) is 4.90 Å². The van der Waals surface area contributed by atoms with E-state index in [9.17, 15) is 22.9 Å². The molecule has 0 bridgehead atoms. The molecule has 5 nitrogen and oxygen atoms in total. The molecule has 0 aliphatic heterocycles. The van der Waals surface area contributed by atoms with E-state index in [1.54, 1.807) is 37.3 Å². The van der Waals surface area contributed by atoms with E-state index in [1.165, 1.54) is 12.1 Å². The Labute approximate surface area is 195 Å². The van der Waals surface area contributed by atoms with E-state index in [0.717, 1.165) is 5.56 Å². The van der Waals surface area contributed by atoms with Crippen molar-refractivity contribution in [1.82, 2.24) is 0 Å². The summed E-state index contributed by atoms with van der Waals surface area (Å²) in [5.74, 6) is 0.0506. The summed E-state index contributed by atoms with van der Waals surface area (Å²) in [4.78, 5) is 12.3. The lowest BCUT2D eigenvalue weighted by Crippen LogP contribution is -2.13. The molecule has 0 spiro atoms. The first-order valence-corrected chi connectivity index (χ1v) is 12.3. The fourth-order valence-corrected chi connectivity index (χ4v) is 4.87. The average molecular weight is 466 g/mol. The molecule has 0 atom stereocenters. The van der Waals surface area contributed by atoms with E-state index in [4.69, 9.17) is 0 Å². The average Bonchev–Trinajstić information content (AvgIpc) is 2.70. The van der Waals surface area contributed by atoms with Gasteiger partial charge in [0.25, 0.3) is 0 Å². The highest BCUT2D eigenvalue weighted by atomic mass is 32.2. The Morgan fingerprint density at radius 3 is 2.15 bits per heavy atom. The maximum atomic E-state index is 12.6. The number of aromatic hydroxyl groups is 1. The Morgan fingerprint density at radius 2 is 1.58 bits per heavy atom. The van der Waals surface area contributed by atoms with Crippen molar-refractivity contribution in [3.8, 4) is 5.75 Å². The minimum atomic E-state index is -4.77. The van der Waals surface area contributed by atoms with Crippen molar-refractivity contribution in [3.05, 3.63) is 87.5 Å². The molecule has 0 heterocycles. The van der Waals surface area contributed by atoms with Gasteiger partial charge >= 0.3 is 0 Å². The Bertz CT molecular complexity index is 1320. The van der Waals surface area contributed by atoms with E-state index >= 15 is 0 Å². The van der Waals surface area contributed by atoms with Crippen LogP contribution in [0.5, 0.6) is 5.75 Å². The number of phenols is 1. The highest BCUT2D eigenvalue weighted by Crippen LogP contribution is 2.41. The van der Waals surface area contributed by atoms with Crippen LogP contribution in [0.1, 0.15) is 62.8 Å². The summed E-state index contributed by atoms with van der Waals surface area (Å²) < 4.78 is 36.6. The third-order valence-corrected chi connectivity index (χ3v) is 6.83. The lowest BCUT2D eigenvalue weighted by atomic mass is 9.81. The molecule has 0 unspecified atom stereocenters. The van der Waals surface area contributed by atoms with Crippen molar-refractivity contribution in [3.63, 3.8) is 0 Å². The number of aryl methyl sites for hydroxylation is 1. The van der Waals surface area contributed by atoms with Crippen LogP contribution in [0.2, 0.25) is 0 Å². The van der Waals surface area contributed by atoms with Crippen LogP contribution in [0.25, 0.3) is 5.57 Å². The monoisotopic (exact) mass is 465 g/mol. The number of rotatable bonds is 5. The molecule has 0 aromatic heterocycles. The zero-order chi connectivity index (χ0) is 24.7. The summed E-state index contributed by atoms with van der Waals surface area (Å²) in [6, 6.07) is 9.61. The Balaban J connectivity index is 2.54. The van der Waals surface area contributed by atoms with E-state index in [2.05, 4.69) is 0 Å². The lowest BCUT2D eigenvalue weighted by molar-refractivity contribution is -0.111. The summed E-state index contributed by atoms with van der Waals surface area (Å²) in [6.07, 6.45) is 3.35. The third-order valence-electron chi connectivity index (χ3n) is 5.94. The molecule has 0 fully saturated rings. The minimum absolute atomic E-state index is 0.0143. The second-order valence-electron chi connectivity index (χ2n) is 9.07. The Hall–Kier alpha value is -2.96. The van der Waals surface area contributed by atoms with Crippen LogP contribution in [0.4, 0.5) is 0 Å². The molecule has 1 aliphatic carbocycles.